The number of methoxy groups -OCH3 is 1. The summed E-state index contributed by atoms with van der Waals surface area (Å²) in [4.78, 5) is 149. The molecule has 10 amide bonds. The van der Waals surface area contributed by atoms with E-state index in [1.54, 1.807) is 9.80 Å². The van der Waals surface area contributed by atoms with Gasteiger partial charge >= 0.3 is 58.4 Å². The largest absolute Gasteiger partial charge is 0.481 e. The second-order valence-electron chi connectivity index (χ2n) is 30.7. The molecule has 44 nitrogen and oxygen atoms in total. The van der Waals surface area contributed by atoms with Crippen molar-refractivity contribution in [3.63, 3.8) is 0 Å². The van der Waals surface area contributed by atoms with Crippen molar-refractivity contribution in [1.29, 1.82) is 0 Å². The number of ether oxygens (including phenoxy) is 1. The van der Waals surface area contributed by atoms with Crippen LogP contribution in [0.3, 0.4) is 0 Å². The molecule has 130 heavy (non-hydrogen) atoms. The van der Waals surface area contributed by atoms with E-state index in [2.05, 4.69) is 58.8 Å². The highest BCUT2D eigenvalue weighted by molar-refractivity contribution is 7.80. The number of hydrogen-bond acceptors (Lipinski definition) is 29. The van der Waals surface area contributed by atoms with Gasteiger partial charge in [0.25, 0.3) is 0 Å². The lowest BCUT2D eigenvalue weighted by atomic mass is 10.0. The van der Waals surface area contributed by atoms with Gasteiger partial charge in [-0.15, -0.1) is 24.7 Å². The summed E-state index contributed by atoms with van der Waals surface area (Å²) in [6.45, 7) is 14.1. The van der Waals surface area contributed by atoms with Gasteiger partial charge in [0.2, 0.25) is 35.4 Å². The third-order valence-electron chi connectivity index (χ3n) is 21.1. The van der Waals surface area contributed by atoms with E-state index in [0.717, 1.165) is 100 Å². The number of hydroxylamine groups is 8. The number of nitrogens with one attached hydrogen (secondary N) is 2. The van der Waals surface area contributed by atoms with Crippen LogP contribution in [-0.2, 0) is 100 Å². The first-order valence-electron chi connectivity index (χ1n) is 43.5. The number of nitrogens with two attached hydrogens (primary N) is 5. The molecule has 0 unspecified atom stereocenters. The molecule has 3 aromatic carbocycles. The molecule has 18 N–H and O–H groups in total. The summed E-state index contributed by atoms with van der Waals surface area (Å²) < 4.78 is 50.6. The van der Waals surface area contributed by atoms with Crippen molar-refractivity contribution in [1.82, 2.24) is 71.0 Å². The third-order valence-corrected chi connectivity index (χ3v) is 21.4. The fraction of sp³-hybridized carbons (Fsp3) is 0.612. The van der Waals surface area contributed by atoms with Gasteiger partial charge in [0.15, 0.2) is 5.78 Å². The minimum atomic E-state index is -4.75. The predicted octanol–water partition coefficient (Wildman–Crippen LogP) is 8.07. The number of carboxylic acid groups (broad SMARTS) is 3. The Hall–Kier alpha value is -11.0. The SMILES string of the molecule is C.CCCCC(=O)CNC(=O)[C@@H]1CC[C@@H]2CN1C(=O)N2OCc1ccccc1.CCCCC(=O)NN.CCCCC(=O)O.CCCCC(=O)OC.CCCCc1nnc([C@@H]2CC[C@@H]3CN2C(=O)N3OCc2ccccc2)o1.NCCCC(=O)O.NCCCc1nnc([C@@H]2CC[C@@H]3CN2C(=O)N3OS(=O)(=O)O)o1.NN.O.O=C(O)[C@@H]1CC[C@@H]2CN1C(=O)N2OCc1ccccc1. The summed E-state index contributed by atoms with van der Waals surface area (Å²) in [6.07, 6.45) is 19.5. The molecular formula is C85H137N19O25S. The molecule has 10 heterocycles. The van der Waals surface area contributed by atoms with Crippen LogP contribution in [0.5, 0.6) is 0 Å². The zero-order chi connectivity index (χ0) is 94.1. The van der Waals surface area contributed by atoms with E-state index in [1.807, 2.05) is 119 Å². The van der Waals surface area contributed by atoms with Gasteiger partial charge < -0.3 is 70.8 Å². The minimum absolute atomic E-state index is 0. The van der Waals surface area contributed by atoms with Crippen molar-refractivity contribution in [3.8, 4) is 0 Å². The standard InChI is InChI=1S/C20H27N3O4.C19H24N4O3.C14H16N2O4.C11H17N5O6S.C6H12O2.C5H12N2O.C5H10O2.C4H9NO2.CH4.H4N2.H2O/c1-2-3-9-17(24)12-21-19(25)18-11-10-16-13-22(18)20(26)23(16)27-14-15-7-5-4-6-8-15;1-2-3-9-17-20-21-18(26-17)16-11-10-15-12-22(16)19(24)23(15)25-13-14-7-5-4-6-8-14;17-13(18)12-7-6-11-8-15(12)14(19)16(11)20-9-10-4-2-1-3-5-10;12-5-1-2-9-13-14-10(21-9)8-4-3-7-6-15(8)11(17)16(7)22-23(18,19)20;1-3-4-5-6(7)8-2;1-2-3-4-5(8)7-6;1-2-3-4-5(6)7;5-3-1-2-4(6)7;;1-2;/h4-8,16,18H,2-3,9-14H2,1H3,(H,21,25);4-8,15-16H,2-3,9-13H2,1H3;1-5,11-12H,6-9H2,(H,17,18);7-8H,1-6,12H2,(H,18,19,20);3-5H2,1-2H3;2-4,6H2,1H3,(H,7,8);2-4H2,1H3,(H,6,7);1-3,5H2,(H,6,7);1H4;1-2H2;1H2/t16-,18+;15-,16+;11-,12+;7-,8+;;;;;;;/m1111......./s1. The Labute approximate surface area is 759 Å². The van der Waals surface area contributed by atoms with Gasteiger partial charge in [0.05, 0.1) is 37.8 Å². The molecular weight excluding hydrogens is 1720 g/mol. The highest BCUT2D eigenvalue weighted by Gasteiger charge is 2.52. The van der Waals surface area contributed by atoms with Gasteiger partial charge in [0.1, 0.15) is 44.0 Å². The molecule has 8 bridgehead atoms. The van der Waals surface area contributed by atoms with E-state index >= 15 is 0 Å². The van der Waals surface area contributed by atoms with Crippen LogP contribution in [0.1, 0.15) is 255 Å². The van der Waals surface area contributed by atoms with Crippen molar-refractivity contribution in [2.45, 2.75) is 284 Å². The fourth-order valence-electron chi connectivity index (χ4n) is 14.2. The van der Waals surface area contributed by atoms with Crippen LogP contribution >= 0.6 is 0 Å². The number of carbonyl (C=O) groups is 11. The van der Waals surface area contributed by atoms with Crippen LogP contribution in [0.2, 0.25) is 0 Å². The zero-order valence-electron chi connectivity index (χ0n) is 74.6. The second kappa shape index (κ2) is 61.6. The topological polar surface area (TPSA) is 638 Å². The first kappa shape index (κ1) is 113. The summed E-state index contributed by atoms with van der Waals surface area (Å²) in [5.41, 5.74) is 15.5. The molecule has 5 aromatic rings. The molecule has 0 spiro atoms. The van der Waals surface area contributed by atoms with Gasteiger partial charge in [-0.25, -0.2) is 29.8 Å². The van der Waals surface area contributed by atoms with Gasteiger partial charge in [0, 0.05) is 71.1 Å². The molecule has 8 aliphatic heterocycles. The molecule has 728 valence electrons. The highest BCUT2D eigenvalue weighted by atomic mass is 32.3. The Balaban J connectivity index is 0.000000401. The molecule has 45 heteroatoms. The molecule has 0 aliphatic carbocycles. The molecule has 0 radical (unpaired) electrons. The van der Waals surface area contributed by atoms with E-state index in [-0.39, 0.29) is 98.2 Å². The number of esters is 1. The van der Waals surface area contributed by atoms with Gasteiger partial charge in [-0.1, -0.05) is 165 Å². The van der Waals surface area contributed by atoms with Crippen LogP contribution in [-0.4, -0.2) is 249 Å². The third kappa shape index (κ3) is 37.8. The average Bonchev–Trinajstić information content (AvgIpc) is 1.62. The molecule has 8 aliphatic rings. The summed E-state index contributed by atoms with van der Waals surface area (Å²) in [6, 6.07) is 25.5. The number of fused-ring (bicyclic) bond motifs is 8. The first-order chi connectivity index (χ1) is 61.6. The number of unbranched alkanes of at least 4 members (excludes halogenated alkanes) is 5. The van der Waals surface area contributed by atoms with E-state index in [9.17, 15) is 61.2 Å². The van der Waals surface area contributed by atoms with Crippen molar-refractivity contribution >= 4 is 76.0 Å². The Bertz CT molecular complexity index is 4260. The first-order valence-corrected chi connectivity index (χ1v) is 44.9. The van der Waals surface area contributed by atoms with Crippen molar-refractivity contribution in [3.05, 3.63) is 131 Å². The number of urea groups is 4. The molecule has 2 aromatic heterocycles. The number of Topliss-reactive ketones (excluding diaryl/α,β-unsaturated/α-hetero) is 1. The number of aliphatic carboxylic acids is 3. The Kier molecular flexibility index (Phi) is 53.6. The van der Waals surface area contributed by atoms with Crippen LogP contribution in [0, 0.1) is 0 Å². The summed E-state index contributed by atoms with van der Waals surface area (Å²) in [5.74, 6) is 12.0. The normalized spacial score (nSPS) is 19.2. The van der Waals surface area contributed by atoms with Crippen LogP contribution in [0.25, 0.3) is 0 Å². The number of piperidine rings is 4. The van der Waals surface area contributed by atoms with Crippen LogP contribution < -0.4 is 39.7 Å². The number of carbonyl (C=O) groups excluding carboxylic acids is 8. The van der Waals surface area contributed by atoms with E-state index in [4.69, 9.17) is 60.5 Å². The zero-order valence-corrected chi connectivity index (χ0v) is 75.4. The lowest BCUT2D eigenvalue weighted by Gasteiger charge is -2.29. The number of hydrazine groups is 2. The Morgan fingerprint density at radius 3 is 1.22 bits per heavy atom. The van der Waals surface area contributed by atoms with E-state index in [0.29, 0.717) is 165 Å². The predicted molar refractivity (Wildman–Crippen MR) is 472 cm³/mol. The number of rotatable bonds is 38. The lowest BCUT2D eigenvalue weighted by Crippen LogP contribution is -2.50. The second-order valence-corrected chi connectivity index (χ2v) is 31.7. The summed E-state index contributed by atoms with van der Waals surface area (Å²) >= 11 is 0. The highest BCUT2D eigenvalue weighted by Crippen LogP contribution is 2.41. The molecule has 13 rings (SSSR count). The monoisotopic (exact) mass is 1860 g/mol. The number of nitrogens with zero attached hydrogens (tertiary/aromatic N) is 12. The number of ketones is 1. The molecule has 8 fully saturated rings. The van der Waals surface area contributed by atoms with Crippen molar-refractivity contribution < 1.29 is 119 Å². The number of amides is 10. The molecule has 0 saturated carbocycles. The van der Waals surface area contributed by atoms with Crippen LogP contribution in [0.4, 0.5) is 19.2 Å². The number of aryl methyl sites for hydroxylation is 2. The summed E-state index contributed by atoms with van der Waals surface area (Å²) in [5, 5.41) is 49.0. The van der Waals surface area contributed by atoms with Gasteiger partial charge in [-0.3, -0.25) is 64.9 Å². The number of hydrogen-bond donors (Lipinski definition) is 11. The Morgan fingerprint density at radius 1 is 0.477 bits per heavy atom. The smallest absolute Gasteiger partial charge is 0.418 e. The quantitative estimate of drug-likeness (QED) is 0.00584. The average molecular weight is 1860 g/mol. The molecule has 8 atom stereocenters. The van der Waals surface area contributed by atoms with Crippen LogP contribution in [0.15, 0.2) is 99.8 Å². The maximum Gasteiger partial charge on any atom is 0.418 e. The van der Waals surface area contributed by atoms with Gasteiger partial charge in [-0.2, -0.15) is 28.7 Å². The van der Waals surface area contributed by atoms with Crippen molar-refractivity contribution in [2.24, 2.45) is 29.0 Å². The van der Waals surface area contributed by atoms with E-state index in [1.165, 1.54) is 32.1 Å². The van der Waals surface area contributed by atoms with Gasteiger partial charge in [-0.05, 0) is 126 Å². The number of aromatic nitrogens is 4. The lowest BCUT2D eigenvalue weighted by molar-refractivity contribution is -0.143. The number of carboxylic acids is 3. The van der Waals surface area contributed by atoms with Crippen molar-refractivity contribution in [2.75, 3.05) is 52.9 Å². The maximum atomic E-state index is 12.8. The summed E-state index contributed by atoms with van der Waals surface area (Å²) in [7, 11) is -3.34. The fourth-order valence-corrected chi connectivity index (χ4v) is 14.6. The number of benzene rings is 3. The maximum absolute atomic E-state index is 12.8. The Morgan fingerprint density at radius 2 is 0.838 bits per heavy atom. The minimum Gasteiger partial charge on any atom is -0.481 e. The molecule has 8 saturated heterocycles. The van der Waals surface area contributed by atoms with E-state index < -0.39 is 58.5 Å².